The normalized spacial score (nSPS) is 14.5. The van der Waals surface area contributed by atoms with E-state index in [-0.39, 0.29) is 5.91 Å². The highest BCUT2D eigenvalue weighted by Gasteiger charge is 2.19. The second-order valence-corrected chi connectivity index (χ2v) is 7.57. The van der Waals surface area contributed by atoms with E-state index in [0.717, 1.165) is 35.5 Å². The Morgan fingerprint density at radius 1 is 1.22 bits per heavy atom. The molecule has 0 bridgehead atoms. The molecule has 1 aromatic carbocycles. The van der Waals surface area contributed by atoms with E-state index in [1.807, 2.05) is 19.3 Å². The number of thiophene rings is 1. The zero-order chi connectivity index (χ0) is 18.6. The molecule has 0 fully saturated rings. The van der Waals surface area contributed by atoms with Gasteiger partial charge in [0.05, 0.1) is 0 Å². The average molecular weight is 379 g/mol. The predicted octanol–water partition coefficient (Wildman–Crippen LogP) is 3.29. The van der Waals surface area contributed by atoms with Crippen LogP contribution in [0.3, 0.4) is 0 Å². The smallest absolute Gasteiger partial charge is 0.250 e. The minimum Gasteiger partial charge on any atom is -0.358 e. The molecule has 2 aromatic heterocycles. The van der Waals surface area contributed by atoms with Crippen molar-refractivity contribution < 1.29 is 4.79 Å². The van der Waals surface area contributed by atoms with Crippen molar-refractivity contribution in [1.82, 2.24) is 15.6 Å². The van der Waals surface area contributed by atoms with E-state index >= 15 is 0 Å². The van der Waals surface area contributed by atoms with Crippen LogP contribution < -0.4 is 16.0 Å². The van der Waals surface area contributed by atoms with Gasteiger partial charge in [0.25, 0.3) is 0 Å². The molecule has 0 saturated carbocycles. The Hall–Kier alpha value is -2.70. The van der Waals surface area contributed by atoms with E-state index in [1.165, 1.54) is 15.6 Å². The van der Waals surface area contributed by atoms with Gasteiger partial charge in [-0.05, 0) is 53.7 Å². The molecule has 3 aromatic rings. The van der Waals surface area contributed by atoms with E-state index < -0.39 is 0 Å². The van der Waals surface area contributed by atoms with Gasteiger partial charge in [0, 0.05) is 59.5 Å². The number of anilines is 1. The summed E-state index contributed by atoms with van der Waals surface area (Å²) < 4.78 is 1.31. The van der Waals surface area contributed by atoms with Crippen molar-refractivity contribution in [2.75, 3.05) is 25.5 Å². The highest BCUT2D eigenvalue weighted by atomic mass is 32.1. The number of likely N-dealkylation sites (N-methyl/N-ethyl adjacent to an activating group) is 1. The molecule has 138 valence electrons. The lowest BCUT2D eigenvalue weighted by Crippen LogP contribution is -2.36. The number of fused-ring (bicyclic) bond motifs is 1. The Bertz CT molecular complexity index is 1010. The second kappa shape index (κ2) is 7.90. The maximum absolute atomic E-state index is 12.1. The minimum atomic E-state index is -0.00329. The Morgan fingerprint density at radius 2 is 2.15 bits per heavy atom. The fraction of sp³-hybridized carbons (Fsp3) is 0.238. The lowest BCUT2D eigenvalue weighted by Gasteiger charge is -2.22. The third-order valence-electron chi connectivity index (χ3n) is 4.67. The highest BCUT2D eigenvalue weighted by molar-refractivity contribution is 7.17. The zero-order valence-corrected chi connectivity index (χ0v) is 16.0. The highest BCUT2D eigenvalue weighted by Crippen LogP contribution is 2.24. The van der Waals surface area contributed by atoms with Gasteiger partial charge < -0.3 is 16.0 Å². The van der Waals surface area contributed by atoms with Crippen molar-refractivity contribution in [3.63, 3.8) is 0 Å². The summed E-state index contributed by atoms with van der Waals surface area (Å²) in [5, 5.41) is 12.8. The molecule has 0 saturated heterocycles. The monoisotopic (exact) mass is 378 g/mol. The lowest BCUT2D eigenvalue weighted by atomic mass is 10.1. The van der Waals surface area contributed by atoms with Crippen LogP contribution in [-0.2, 0) is 11.2 Å². The predicted molar refractivity (Wildman–Crippen MR) is 111 cm³/mol. The van der Waals surface area contributed by atoms with Crippen molar-refractivity contribution in [3.05, 3.63) is 70.5 Å². The van der Waals surface area contributed by atoms with E-state index in [0.29, 0.717) is 13.1 Å². The summed E-state index contributed by atoms with van der Waals surface area (Å²) in [4.78, 5) is 16.6. The van der Waals surface area contributed by atoms with Gasteiger partial charge in [-0.3, -0.25) is 9.78 Å². The Kier molecular flexibility index (Phi) is 5.18. The summed E-state index contributed by atoms with van der Waals surface area (Å²) in [6.45, 7) is 1.21. The summed E-state index contributed by atoms with van der Waals surface area (Å²) in [6, 6.07) is 12.7. The molecule has 0 spiro atoms. The first-order valence-electron chi connectivity index (χ1n) is 9.06. The molecule has 4 rings (SSSR count). The number of aromatic nitrogens is 1. The van der Waals surface area contributed by atoms with Gasteiger partial charge in [-0.15, -0.1) is 11.3 Å². The van der Waals surface area contributed by atoms with Crippen molar-refractivity contribution in [1.29, 1.82) is 0 Å². The summed E-state index contributed by atoms with van der Waals surface area (Å²) in [5.41, 5.74) is 4.97. The van der Waals surface area contributed by atoms with E-state index in [9.17, 15) is 4.79 Å². The largest absolute Gasteiger partial charge is 0.358 e. The molecule has 6 heteroatoms. The maximum atomic E-state index is 12.1. The number of nitrogens with one attached hydrogen (secondary N) is 3. The van der Waals surface area contributed by atoms with Crippen LogP contribution in [0, 0.1) is 0 Å². The molecule has 27 heavy (non-hydrogen) atoms. The minimum absolute atomic E-state index is 0.00329. The molecule has 3 N–H and O–H groups in total. The number of pyridine rings is 1. The number of rotatable bonds is 6. The van der Waals surface area contributed by atoms with Crippen molar-refractivity contribution in [2.24, 2.45) is 0 Å². The van der Waals surface area contributed by atoms with E-state index in [1.54, 1.807) is 11.3 Å². The number of carbonyl (C=O) groups excluding carboxylic acids is 1. The van der Waals surface area contributed by atoms with E-state index in [4.69, 9.17) is 0 Å². The van der Waals surface area contributed by atoms with Crippen molar-refractivity contribution in [3.8, 4) is 0 Å². The Balaban J connectivity index is 1.55. The molecule has 1 amide bonds. The molecule has 0 radical (unpaired) electrons. The summed E-state index contributed by atoms with van der Waals surface area (Å²) in [7, 11) is 1.85. The number of amides is 1. The molecular formula is C21H22N4OS. The summed E-state index contributed by atoms with van der Waals surface area (Å²) in [6.07, 6.45) is 3.40. The van der Waals surface area contributed by atoms with Crippen LogP contribution in [-0.4, -0.2) is 31.0 Å². The third-order valence-corrected chi connectivity index (χ3v) is 5.56. The topological polar surface area (TPSA) is 66.1 Å². The van der Waals surface area contributed by atoms with Gasteiger partial charge in [0.1, 0.15) is 0 Å². The van der Waals surface area contributed by atoms with Gasteiger partial charge in [0.15, 0.2) is 0 Å². The number of nitrogens with zero attached hydrogens (tertiary/aromatic N) is 1. The number of hydrogen-bond donors (Lipinski definition) is 3. The van der Waals surface area contributed by atoms with Crippen LogP contribution in [0.2, 0.25) is 0 Å². The SMILES string of the molecule is CNCC1=C(Nc2ccnc(Cc3ccc4sccc4c3)c2)CCNC1=O. The third kappa shape index (κ3) is 4.02. The van der Waals surface area contributed by atoms with Gasteiger partial charge in [-0.1, -0.05) is 6.07 Å². The first-order chi connectivity index (χ1) is 13.2. The van der Waals surface area contributed by atoms with Crippen LogP contribution in [0.15, 0.2) is 59.2 Å². The van der Waals surface area contributed by atoms with Crippen LogP contribution in [0.25, 0.3) is 10.1 Å². The Morgan fingerprint density at radius 3 is 3.04 bits per heavy atom. The number of carbonyl (C=O) groups is 1. The molecule has 5 nitrogen and oxygen atoms in total. The molecule has 0 aliphatic carbocycles. The average Bonchev–Trinajstić information content (AvgIpc) is 3.13. The number of hydrogen-bond acceptors (Lipinski definition) is 5. The van der Waals surface area contributed by atoms with E-state index in [2.05, 4.69) is 56.6 Å². The fourth-order valence-corrected chi connectivity index (χ4v) is 4.13. The van der Waals surface area contributed by atoms with Crippen molar-refractivity contribution >= 4 is 33.0 Å². The second-order valence-electron chi connectivity index (χ2n) is 6.62. The summed E-state index contributed by atoms with van der Waals surface area (Å²) >= 11 is 1.76. The van der Waals surface area contributed by atoms with Gasteiger partial charge >= 0.3 is 0 Å². The van der Waals surface area contributed by atoms with Crippen LogP contribution in [0.1, 0.15) is 17.7 Å². The first kappa shape index (κ1) is 17.7. The molecular weight excluding hydrogens is 356 g/mol. The standard InChI is InChI=1S/C21H22N4OS/c1-22-13-18-19(5-8-24-21(18)26)25-16-4-7-23-17(12-16)11-14-2-3-20-15(10-14)6-9-27-20/h2-4,6-7,9-10,12,22H,5,8,11,13H2,1H3,(H,23,25)(H,24,26). The van der Waals surface area contributed by atoms with Gasteiger partial charge in [0.2, 0.25) is 5.91 Å². The zero-order valence-electron chi connectivity index (χ0n) is 15.2. The van der Waals surface area contributed by atoms with Crippen LogP contribution in [0.5, 0.6) is 0 Å². The first-order valence-corrected chi connectivity index (χ1v) is 9.94. The quantitative estimate of drug-likeness (QED) is 0.616. The van der Waals surface area contributed by atoms with Crippen molar-refractivity contribution in [2.45, 2.75) is 12.8 Å². The fourth-order valence-electron chi connectivity index (χ4n) is 3.36. The van der Waals surface area contributed by atoms with Gasteiger partial charge in [-0.25, -0.2) is 0 Å². The molecule has 3 heterocycles. The molecule has 1 aliphatic heterocycles. The van der Waals surface area contributed by atoms with Crippen LogP contribution in [0.4, 0.5) is 5.69 Å². The molecule has 0 unspecified atom stereocenters. The molecule has 1 aliphatic rings. The van der Waals surface area contributed by atoms with Crippen LogP contribution >= 0.6 is 11.3 Å². The lowest BCUT2D eigenvalue weighted by molar-refractivity contribution is -0.117. The summed E-state index contributed by atoms with van der Waals surface area (Å²) in [5.74, 6) is -0.00329. The Labute approximate surface area is 162 Å². The number of benzene rings is 1. The molecule has 0 atom stereocenters. The van der Waals surface area contributed by atoms with Gasteiger partial charge in [-0.2, -0.15) is 0 Å². The maximum Gasteiger partial charge on any atom is 0.250 e.